The van der Waals surface area contributed by atoms with Crippen molar-refractivity contribution in [1.29, 1.82) is 0 Å². The second kappa shape index (κ2) is 10.8. The van der Waals surface area contributed by atoms with E-state index in [0.717, 1.165) is 34.2 Å². The first-order valence-electron chi connectivity index (χ1n) is 12.1. The Morgan fingerprint density at radius 1 is 0.974 bits per heavy atom. The number of rotatable bonds is 7. The molecule has 1 N–H and O–H groups in total. The van der Waals surface area contributed by atoms with Gasteiger partial charge in [-0.3, -0.25) is 23.6 Å². The number of hydrogen-bond acceptors (Lipinski definition) is 6. The molecule has 0 aromatic heterocycles. The maximum absolute atomic E-state index is 13.5. The number of carbonyl (C=O) groups excluding carboxylic acids is 3. The summed E-state index contributed by atoms with van der Waals surface area (Å²) in [7, 11) is -3.86. The van der Waals surface area contributed by atoms with E-state index < -0.39 is 27.1 Å². The SMILES string of the molecule is O=C(NCCN1C(=O)S/C(=C\c2ccccc2)C1=O)c1cccc(S(=O)(=O)N2CCCc3ccccc32)c1. The van der Waals surface area contributed by atoms with Crippen LogP contribution in [-0.4, -0.2) is 50.0 Å². The van der Waals surface area contributed by atoms with Crippen molar-refractivity contribution in [3.63, 3.8) is 0 Å². The van der Waals surface area contributed by atoms with Crippen LogP contribution in [0.4, 0.5) is 10.5 Å². The van der Waals surface area contributed by atoms with Crippen molar-refractivity contribution in [1.82, 2.24) is 10.2 Å². The maximum atomic E-state index is 13.5. The van der Waals surface area contributed by atoms with Crippen LogP contribution >= 0.6 is 11.8 Å². The molecule has 3 aromatic carbocycles. The molecular formula is C28H25N3O5S2. The van der Waals surface area contributed by atoms with Gasteiger partial charge < -0.3 is 5.32 Å². The van der Waals surface area contributed by atoms with E-state index in [9.17, 15) is 22.8 Å². The summed E-state index contributed by atoms with van der Waals surface area (Å²) in [4.78, 5) is 39.3. The van der Waals surface area contributed by atoms with Crippen LogP contribution in [-0.2, 0) is 21.2 Å². The zero-order valence-electron chi connectivity index (χ0n) is 20.4. The average Bonchev–Trinajstić information content (AvgIpc) is 3.20. The molecular weight excluding hydrogens is 522 g/mol. The third-order valence-electron chi connectivity index (χ3n) is 6.34. The van der Waals surface area contributed by atoms with E-state index in [-0.39, 0.29) is 23.5 Å². The van der Waals surface area contributed by atoms with Gasteiger partial charge in [-0.15, -0.1) is 0 Å². The number of benzene rings is 3. The highest BCUT2D eigenvalue weighted by Gasteiger charge is 2.35. The Kier molecular flexibility index (Phi) is 7.35. The second-order valence-corrected chi connectivity index (χ2v) is 11.7. The number of amides is 3. The van der Waals surface area contributed by atoms with E-state index in [1.165, 1.54) is 28.6 Å². The zero-order chi connectivity index (χ0) is 26.7. The molecule has 0 radical (unpaired) electrons. The van der Waals surface area contributed by atoms with Crippen molar-refractivity contribution in [2.24, 2.45) is 0 Å². The van der Waals surface area contributed by atoms with Gasteiger partial charge in [0.2, 0.25) is 0 Å². The summed E-state index contributed by atoms with van der Waals surface area (Å²) < 4.78 is 28.3. The predicted molar refractivity (Wildman–Crippen MR) is 147 cm³/mol. The summed E-state index contributed by atoms with van der Waals surface area (Å²) in [5.74, 6) is -0.902. The number of carbonyl (C=O) groups is 3. The highest BCUT2D eigenvalue weighted by molar-refractivity contribution is 8.18. The van der Waals surface area contributed by atoms with Gasteiger partial charge in [0.25, 0.3) is 27.1 Å². The van der Waals surface area contributed by atoms with Crippen LogP contribution in [0.3, 0.4) is 0 Å². The van der Waals surface area contributed by atoms with Crippen molar-refractivity contribution >= 4 is 50.6 Å². The number of nitrogens with one attached hydrogen (secondary N) is 1. The molecule has 194 valence electrons. The smallest absolute Gasteiger partial charge is 0.293 e. The van der Waals surface area contributed by atoms with E-state index in [1.54, 1.807) is 12.1 Å². The monoisotopic (exact) mass is 547 g/mol. The number of aryl methyl sites for hydroxylation is 1. The van der Waals surface area contributed by atoms with Crippen molar-refractivity contribution in [3.05, 3.63) is 100 Å². The van der Waals surface area contributed by atoms with Gasteiger partial charge in [0.15, 0.2) is 0 Å². The van der Waals surface area contributed by atoms with Gasteiger partial charge >= 0.3 is 0 Å². The highest BCUT2D eigenvalue weighted by atomic mass is 32.2. The van der Waals surface area contributed by atoms with Gasteiger partial charge in [-0.05, 0) is 66.1 Å². The van der Waals surface area contributed by atoms with Crippen LogP contribution < -0.4 is 9.62 Å². The first-order chi connectivity index (χ1) is 18.3. The second-order valence-electron chi connectivity index (χ2n) is 8.84. The molecule has 3 amide bonds. The average molecular weight is 548 g/mol. The molecule has 0 spiro atoms. The molecule has 0 bridgehead atoms. The summed E-state index contributed by atoms with van der Waals surface area (Å²) in [6, 6.07) is 22.5. The molecule has 2 aliphatic heterocycles. The highest BCUT2D eigenvalue weighted by Crippen LogP contribution is 2.33. The lowest BCUT2D eigenvalue weighted by Crippen LogP contribution is -2.37. The number of thioether (sulfide) groups is 1. The van der Waals surface area contributed by atoms with Crippen LogP contribution in [0.2, 0.25) is 0 Å². The molecule has 0 saturated carbocycles. The number of hydrogen-bond donors (Lipinski definition) is 1. The Hall–Kier alpha value is -3.89. The van der Waals surface area contributed by atoms with E-state index in [1.807, 2.05) is 48.5 Å². The molecule has 8 nitrogen and oxygen atoms in total. The Balaban J connectivity index is 1.24. The summed E-state index contributed by atoms with van der Waals surface area (Å²) in [6.07, 6.45) is 3.19. The third-order valence-corrected chi connectivity index (χ3v) is 9.06. The van der Waals surface area contributed by atoms with Gasteiger partial charge in [-0.1, -0.05) is 54.6 Å². The number of nitrogens with zero attached hydrogens (tertiary/aromatic N) is 2. The van der Waals surface area contributed by atoms with E-state index in [0.29, 0.717) is 23.6 Å². The molecule has 38 heavy (non-hydrogen) atoms. The molecule has 0 atom stereocenters. The number of para-hydroxylation sites is 1. The standard InChI is InChI=1S/C28H25N3O5S2/c32-26(29-15-17-30-27(33)25(37-28(30)34)18-20-8-2-1-3-9-20)22-11-6-13-23(19-22)38(35,36)31-16-7-12-21-10-4-5-14-24(21)31/h1-6,8-11,13-14,18-19H,7,12,15-17H2,(H,29,32)/b25-18-. The van der Waals surface area contributed by atoms with Gasteiger partial charge in [0.1, 0.15) is 0 Å². The third kappa shape index (κ3) is 5.23. The quantitative estimate of drug-likeness (QED) is 0.443. The number of anilines is 1. The fourth-order valence-corrected chi connectivity index (χ4v) is 6.90. The normalized spacial score (nSPS) is 16.6. The topological polar surface area (TPSA) is 104 Å². The molecule has 5 rings (SSSR count). The van der Waals surface area contributed by atoms with Gasteiger partial charge in [-0.25, -0.2) is 8.42 Å². The van der Waals surface area contributed by atoms with E-state index in [2.05, 4.69) is 5.32 Å². The number of fused-ring (bicyclic) bond motifs is 1. The lowest BCUT2D eigenvalue weighted by molar-refractivity contribution is -0.122. The first kappa shape index (κ1) is 25.7. The summed E-state index contributed by atoms with van der Waals surface area (Å²) in [6.45, 7) is 0.406. The number of imide groups is 1. The fourth-order valence-electron chi connectivity index (χ4n) is 4.45. The Morgan fingerprint density at radius 3 is 2.55 bits per heavy atom. The Bertz CT molecular complexity index is 1540. The van der Waals surface area contributed by atoms with E-state index >= 15 is 0 Å². The fraction of sp³-hybridized carbons (Fsp3) is 0.179. The van der Waals surface area contributed by atoms with Crippen LogP contribution in [0.1, 0.15) is 27.9 Å². The van der Waals surface area contributed by atoms with Gasteiger partial charge in [0, 0.05) is 25.2 Å². The minimum atomic E-state index is -3.86. The van der Waals surface area contributed by atoms with Crippen molar-refractivity contribution in [2.45, 2.75) is 17.7 Å². The first-order valence-corrected chi connectivity index (χ1v) is 14.4. The minimum Gasteiger partial charge on any atom is -0.350 e. The molecule has 1 fully saturated rings. The number of sulfonamides is 1. The molecule has 0 unspecified atom stereocenters. The molecule has 2 aliphatic rings. The van der Waals surface area contributed by atoms with Crippen LogP contribution in [0.5, 0.6) is 0 Å². The maximum Gasteiger partial charge on any atom is 0.293 e. The lowest BCUT2D eigenvalue weighted by Gasteiger charge is -2.30. The lowest BCUT2D eigenvalue weighted by atomic mass is 10.0. The predicted octanol–water partition coefficient (Wildman–Crippen LogP) is 4.29. The minimum absolute atomic E-state index is 0.00505. The van der Waals surface area contributed by atoms with Crippen molar-refractivity contribution < 1.29 is 22.8 Å². The molecule has 2 heterocycles. The molecule has 3 aromatic rings. The summed E-state index contributed by atoms with van der Waals surface area (Å²) >= 11 is 0.860. The summed E-state index contributed by atoms with van der Waals surface area (Å²) in [5.41, 5.74) is 2.62. The Labute approximate surface area is 225 Å². The molecule has 0 aliphatic carbocycles. The van der Waals surface area contributed by atoms with Crippen LogP contribution in [0.25, 0.3) is 6.08 Å². The summed E-state index contributed by atoms with van der Waals surface area (Å²) in [5, 5.41) is 2.28. The van der Waals surface area contributed by atoms with Crippen molar-refractivity contribution in [3.8, 4) is 0 Å². The van der Waals surface area contributed by atoms with Gasteiger partial charge in [-0.2, -0.15) is 0 Å². The molecule has 10 heteroatoms. The Morgan fingerprint density at radius 2 is 1.74 bits per heavy atom. The van der Waals surface area contributed by atoms with Crippen molar-refractivity contribution in [2.75, 3.05) is 23.9 Å². The van der Waals surface area contributed by atoms with E-state index in [4.69, 9.17) is 0 Å². The largest absolute Gasteiger partial charge is 0.350 e. The van der Waals surface area contributed by atoms with Gasteiger partial charge in [0.05, 0.1) is 15.5 Å². The van der Waals surface area contributed by atoms with Crippen LogP contribution in [0.15, 0.2) is 88.7 Å². The molecule has 1 saturated heterocycles. The van der Waals surface area contributed by atoms with Crippen LogP contribution in [0, 0.1) is 0 Å². The zero-order valence-corrected chi connectivity index (χ0v) is 22.0.